The number of allylic oxidation sites excluding steroid dienone is 4. The average Bonchev–Trinajstić information content (AvgIpc) is 3.13. The van der Waals surface area contributed by atoms with E-state index >= 15 is 0 Å². The molecule has 0 fully saturated rings. The third-order valence-corrected chi connectivity index (χ3v) is 8.33. The van der Waals surface area contributed by atoms with E-state index in [1.54, 1.807) is 10.8 Å². The van der Waals surface area contributed by atoms with Crippen molar-refractivity contribution < 1.29 is 0 Å². The van der Waals surface area contributed by atoms with Gasteiger partial charge in [0.05, 0.1) is 0 Å². The monoisotopic (exact) mass is 379 g/mol. The molecule has 3 aromatic carbocycles. The van der Waals surface area contributed by atoms with Crippen molar-refractivity contribution in [3.8, 4) is 0 Å². The van der Waals surface area contributed by atoms with E-state index in [2.05, 4.69) is 105 Å². The molecule has 0 N–H and O–H groups in total. The first-order valence-corrected chi connectivity index (χ1v) is 11.8. The highest BCUT2D eigenvalue weighted by molar-refractivity contribution is 6.91. The lowest BCUT2D eigenvalue weighted by atomic mass is 9.97. The van der Waals surface area contributed by atoms with Crippen molar-refractivity contribution in [2.45, 2.75) is 33.1 Å². The molecule has 1 aliphatic rings. The first-order chi connectivity index (χ1) is 13.8. The standard InChI is InChI=1S/C27H27Si/c1-3-11-26-25(22-13-10-12-21(2)20-22)18-19-27(26)28(23-14-6-4-7-15-23)24-16-8-5-9-17-24/h4-10,12-17,19-20H,3,11,18H2,1-2H3. The van der Waals surface area contributed by atoms with Crippen LogP contribution in [0.1, 0.15) is 37.3 Å². The van der Waals surface area contributed by atoms with Gasteiger partial charge in [0.15, 0.2) is 8.80 Å². The maximum Gasteiger partial charge on any atom is 0.154 e. The zero-order valence-corrected chi connectivity index (χ0v) is 17.8. The van der Waals surface area contributed by atoms with Crippen LogP contribution < -0.4 is 10.4 Å². The summed E-state index contributed by atoms with van der Waals surface area (Å²) in [6.07, 6.45) is 5.92. The van der Waals surface area contributed by atoms with Crippen molar-refractivity contribution in [2.24, 2.45) is 0 Å². The fourth-order valence-electron chi connectivity index (χ4n) is 4.21. The molecular formula is C27H27Si. The van der Waals surface area contributed by atoms with Gasteiger partial charge in [0.2, 0.25) is 0 Å². The third-order valence-electron chi connectivity index (χ3n) is 5.46. The van der Waals surface area contributed by atoms with Crippen LogP contribution in [0.2, 0.25) is 0 Å². The molecule has 0 atom stereocenters. The second-order valence-corrected chi connectivity index (χ2v) is 9.95. The number of benzene rings is 3. The lowest BCUT2D eigenvalue weighted by Gasteiger charge is -2.21. The van der Waals surface area contributed by atoms with Crippen molar-refractivity contribution in [2.75, 3.05) is 0 Å². The van der Waals surface area contributed by atoms with Crippen LogP contribution in [0.25, 0.3) is 5.57 Å². The molecule has 28 heavy (non-hydrogen) atoms. The van der Waals surface area contributed by atoms with Crippen LogP contribution in [-0.2, 0) is 0 Å². The van der Waals surface area contributed by atoms with Gasteiger partial charge in [0, 0.05) is 0 Å². The van der Waals surface area contributed by atoms with Crippen LogP contribution in [0.3, 0.4) is 0 Å². The summed E-state index contributed by atoms with van der Waals surface area (Å²) in [4.78, 5) is 0. The van der Waals surface area contributed by atoms with Crippen LogP contribution >= 0.6 is 0 Å². The topological polar surface area (TPSA) is 0 Å². The van der Waals surface area contributed by atoms with Crippen LogP contribution in [0.5, 0.6) is 0 Å². The molecule has 0 bridgehead atoms. The molecule has 0 nitrogen and oxygen atoms in total. The van der Waals surface area contributed by atoms with E-state index in [0.29, 0.717) is 0 Å². The minimum atomic E-state index is -0.994. The van der Waals surface area contributed by atoms with Crippen molar-refractivity contribution >= 4 is 24.7 Å². The Morgan fingerprint density at radius 2 is 1.43 bits per heavy atom. The Bertz CT molecular complexity index is 957. The van der Waals surface area contributed by atoms with Gasteiger partial charge in [0.25, 0.3) is 0 Å². The van der Waals surface area contributed by atoms with Crippen molar-refractivity contribution in [1.82, 2.24) is 0 Å². The van der Waals surface area contributed by atoms with Gasteiger partial charge in [-0.2, -0.15) is 0 Å². The molecule has 0 aliphatic heterocycles. The Balaban J connectivity index is 1.84. The summed E-state index contributed by atoms with van der Waals surface area (Å²) in [6, 6.07) is 31.3. The van der Waals surface area contributed by atoms with Gasteiger partial charge in [0.1, 0.15) is 0 Å². The van der Waals surface area contributed by atoms with E-state index in [4.69, 9.17) is 0 Å². The maximum atomic E-state index is 2.52. The Morgan fingerprint density at radius 1 is 0.786 bits per heavy atom. The van der Waals surface area contributed by atoms with E-state index < -0.39 is 8.80 Å². The third kappa shape index (κ3) is 3.81. The lowest BCUT2D eigenvalue weighted by Crippen LogP contribution is -2.44. The Kier molecular flexibility index (Phi) is 5.73. The molecular weight excluding hydrogens is 352 g/mol. The van der Waals surface area contributed by atoms with Gasteiger partial charge < -0.3 is 0 Å². The first kappa shape index (κ1) is 18.7. The van der Waals surface area contributed by atoms with Crippen LogP contribution in [0, 0.1) is 6.92 Å². The highest BCUT2D eigenvalue weighted by Gasteiger charge is 2.28. The van der Waals surface area contributed by atoms with Gasteiger partial charge in [-0.05, 0) is 36.5 Å². The predicted molar refractivity (Wildman–Crippen MR) is 124 cm³/mol. The molecule has 1 heteroatoms. The fraction of sp³-hybridized carbons (Fsp3) is 0.185. The largest absolute Gasteiger partial charge is 0.154 e. The van der Waals surface area contributed by atoms with E-state index in [1.807, 2.05) is 0 Å². The van der Waals surface area contributed by atoms with E-state index in [0.717, 1.165) is 12.8 Å². The molecule has 1 radical (unpaired) electrons. The van der Waals surface area contributed by atoms with Gasteiger partial charge >= 0.3 is 0 Å². The second-order valence-electron chi connectivity index (χ2n) is 7.51. The number of rotatable bonds is 6. The molecule has 3 aromatic rings. The van der Waals surface area contributed by atoms with E-state index in [1.165, 1.54) is 33.5 Å². The SMILES string of the molecule is CCCC1=C(c2cccc(C)c2)CC=C1[Si](c1ccccc1)c1ccccc1. The van der Waals surface area contributed by atoms with Gasteiger partial charge in [-0.15, -0.1) is 0 Å². The fourth-order valence-corrected chi connectivity index (χ4v) is 7.10. The zero-order chi connectivity index (χ0) is 19.3. The summed E-state index contributed by atoms with van der Waals surface area (Å²) in [5, 5.41) is 4.55. The molecule has 0 aromatic heterocycles. The van der Waals surface area contributed by atoms with E-state index in [-0.39, 0.29) is 0 Å². The van der Waals surface area contributed by atoms with E-state index in [9.17, 15) is 0 Å². The summed E-state index contributed by atoms with van der Waals surface area (Å²) in [6.45, 7) is 4.49. The van der Waals surface area contributed by atoms with Gasteiger partial charge in [-0.1, -0.05) is 125 Å². The summed E-state index contributed by atoms with van der Waals surface area (Å²) in [7, 11) is -0.994. The minimum Gasteiger partial charge on any atom is -0.0800 e. The van der Waals surface area contributed by atoms with Gasteiger partial charge in [-0.25, -0.2) is 0 Å². The maximum absolute atomic E-state index is 2.52. The second kappa shape index (κ2) is 8.58. The molecule has 0 saturated heterocycles. The molecule has 139 valence electrons. The highest BCUT2D eigenvalue weighted by atomic mass is 28.3. The summed E-state index contributed by atoms with van der Waals surface area (Å²) in [5.41, 5.74) is 5.87. The first-order valence-electron chi connectivity index (χ1n) is 10.3. The Hall–Kier alpha value is -2.64. The molecule has 0 amide bonds. The normalized spacial score (nSPS) is 13.9. The number of hydrogen-bond acceptors (Lipinski definition) is 0. The van der Waals surface area contributed by atoms with Crippen LogP contribution in [0.15, 0.2) is 102 Å². The lowest BCUT2D eigenvalue weighted by molar-refractivity contribution is 0.926. The molecule has 0 heterocycles. The molecule has 4 rings (SSSR count). The molecule has 0 saturated carbocycles. The zero-order valence-electron chi connectivity index (χ0n) is 16.8. The summed E-state index contributed by atoms with van der Waals surface area (Å²) >= 11 is 0. The number of hydrogen-bond donors (Lipinski definition) is 0. The smallest absolute Gasteiger partial charge is 0.0800 e. The molecule has 0 unspecified atom stereocenters. The predicted octanol–water partition coefficient (Wildman–Crippen LogP) is 5.73. The summed E-state index contributed by atoms with van der Waals surface area (Å²) < 4.78 is 0. The van der Waals surface area contributed by atoms with Crippen LogP contribution in [-0.4, -0.2) is 8.80 Å². The Labute approximate surface area is 170 Å². The highest BCUT2D eigenvalue weighted by Crippen LogP contribution is 2.37. The molecule has 0 spiro atoms. The van der Waals surface area contributed by atoms with Crippen LogP contribution in [0.4, 0.5) is 0 Å². The quantitative estimate of drug-likeness (QED) is 0.480. The summed E-state index contributed by atoms with van der Waals surface area (Å²) in [5.74, 6) is 0. The van der Waals surface area contributed by atoms with Crippen molar-refractivity contribution in [3.63, 3.8) is 0 Å². The van der Waals surface area contributed by atoms with Gasteiger partial charge in [-0.3, -0.25) is 0 Å². The molecule has 1 aliphatic carbocycles. The Morgan fingerprint density at radius 3 is 2.00 bits per heavy atom. The van der Waals surface area contributed by atoms with Crippen molar-refractivity contribution in [1.29, 1.82) is 0 Å². The average molecular weight is 380 g/mol. The minimum absolute atomic E-state index is 0.994. The number of aryl methyl sites for hydroxylation is 1. The van der Waals surface area contributed by atoms with Crippen molar-refractivity contribution in [3.05, 3.63) is 113 Å².